The van der Waals surface area contributed by atoms with E-state index >= 15 is 0 Å². The molecule has 0 saturated heterocycles. The van der Waals surface area contributed by atoms with Crippen molar-refractivity contribution in [3.05, 3.63) is 60.0 Å². The monoisotopic (exact) mass is 335 g/mol. The quantitative estimate of drug-likeness (QED) is 0.727. The van der Waals surface area contributed by atoms with Crippen LogP contribution in [0.5, 0.6) is 0 Å². The second-order valence-electron chi connectivity index (χ2n) is 6.31. The summed E-state index contributed by atoms with van der Waals surface area (Å²) in [7, 11) is 0. The van der Waals surface area contributed by atoms with Gasteiger partial charge >= 0.3 is 0 Å². The maximum Gasteiger partial charge on any atom is 0.251 e. The molecule has 1 N–H and O–H groups in total. The molecule has 3 aromatic rings. The lowest BCUT2D eigenvalue weighted by molar-refractivity contribution is 0.0953. The van der Waals surface area contributed by atoms with Gasteiger partial charge in [-0.15, -0.1) is 0 Å². The molecule has 1 aliphatic rings. The van der Waals surface area contributed by atoms with Gasteiger partial charge in [0.15, 0.2) is 5.65 Å². The van der Waals surface area contributed by atoms with Crippen molar-refractivity contribution >= 4 is 17.2 Å². The molecule has 1 amide bonds. The van der Waals surface area contributed by atoms with Gasteiger partial charge in [-0.2, -0.15) is 5.10 Å². The first kappa shape index (κ1) is 15.6. The molecule has 128 valence electrons. The average molecular weight is 335 g/mol. The normalized spacial score (nSPS) is 13.7. The van der Waals surface area contributed by atoms with E-state index in [1.54, 1.807) is 22.8 Å². The molecule has 6 nitrogen and oxygen atoms in total. The lowest BCUT2D eigenvalue weighted by Gasteiger charge is -2.31. The van der Waals surface area contributed by atoms with Crippen LogP contribution in [0.1, 0.15) is 28.8 Å². The van der Waals surface area contributed by atoms with Crippen molar-refractivity contribution in [1.82, 2.24) is 19.9 Å². The van der Waals surface area contributed by atoms with Crippen LogP contribution in [0.15, 0.2) is 48.9 Å². The molecule has 1 aromatic carbocycles. The molecule has 25 heavy (non-hydrogen) atoms. The molecule has 0 radical (unpaired) electrons. The Morgan fingerprint density at radius 2 is 2.16 bits per heavy atom. The number of para-hydroxylation sites is 1. The summed E-state index contributed by atoms with van der Waals surface area (Å²) in [5, 5.41) is 7.03. The number of carbonyl (C=O) groups is 1. The van der Waals surface area contributed by atoms with Crippen molar-refractivity contribution in [3.63, 3.8) is 0 Å². The van der Waals surface area contributed by atoms with E-state index in [0.717, 1.165) is 25.9 Å². The summed E-state index contributed by atoms with van der Waals surface area (Å²) in [5.41, 5.74) is 4.07. The zero-order chi connectivity index (χ0) is 17.1. The molecule has 0 unspecified atom stereocenters. The maximum atomic E-state index is 12.3. The molecule has 0 atom stereocenters. The Bertz CT molecular complexity index is 888. The van der Waals surface area contributed by atoms with Gasteiger partial charge in [0.1, 0.15) is 6.33 Å². The first-order chi connectivity index (χ1) is 12.3. The third-order valence-electron chi connectivity index (χ3n) is 4.64. The summed E-state index contributed by atoms with van der Waals surface area (Å²) >= 11 is 0. The minimum absolute atomic E-state index is 0.0652. The van der Waals surface area contributed by atoms with Crippen LogP contribution in [0.3, 0.4) is 0 Å². The largest absolute Gasteiger partial charge is 0.371 e. The predicted octanol–water partition coefficient (Wildman–Crippen LogP) is 2.30. The lowest BCUT2D eigenvalue weighted by atomic mass is 10.0. The summed E-state index contributed by atoms with van der Waals surface area (Å²) in [5.74, 6) is -0.0652. The van der Waals surface area contributed by atoms with Crippen molar-refractivity contribution < 1.29 is 4.79 Å². The number of aromatic nitrogens is 3. The minimum atomic E-state index is -0.0652. The Morgan fingerprint density at radius 3 is 3.12 bits per heavy atom. The fraction of sp³-hybridized carbons (Fsp3) is 0.316. The van der Waals surface area contributed by atoms with Gasteiger partial charge in [0.05, 0.1) is 0 Å². The number of nitrogens with zero attached hydrogens (tertiary/aromatic N) is 4. The van der Waals surface area contributed by atoms with Crippen molar-refractivity contribution in [1.29, 1.82) is 0 Å². The van der Waals surface area contributed by atoms with Gasteiger partial charge < -0.3 is 10.2 Å². The van der Waals surface area contributed by atoms with Gasteiger partial charge in [-0.1, -0.05) is 18.2 Å². The Kier molecular flexibility index (Phi) is 4.33. The fourth-order valence-electron chi connectivity index (χ4n) is 3.37. The minimum Gasteiger partial charge on any atom is -0.371 e. The Morgan fingerprint density at radius 1 is 1.24 bits per heavy atom. The van der Waals surface area contributed by atoms with Crippen molar-refractivity contribution in [2.24, 2.45) is 0 Å². The van der Waals surface area contributed by atoms with Crippen LogP contribution < -0.4 is 10.2 Å². The number of anilines is 1. The summed E-state index contributed by atoms with van der Waals surface area (Å²) in [6, 6.07) is 12.1. The van der Waals surface area contributed by atoms with Crippen LogP contribution >= 0.6 is 0 Å². The second-order valence-corrected chi connectivity index (χ2v) is 6.31. The van der Waals surface area contributed by atoms with Gasteiger partial charge in [0, 0.05) is 37.1 Å². The summed E-state index contributed by atoms with van der Waals surface area (Å²) < 4.78 is 1.64. The zero-order valence-electron chi connectivity index (χ0n) is 14.1. The zero-order valence-corrected chi connectivity index (χ0v) is 14.1. The van der Waals surface area contributed by atoms with E-state index in [1.807, 2.05) is 0 Å². The van der Waals surface area contributed by atoms with Crippen molar-refractivity contribution in [2.45, 2.75) is 19.3 Å². The number of benzene rings is 1. The van der Waals surface area contributed by atoms with E-state index in [0.29, 0.717) is 17.8 Å². The van der Waals surface area contributed by atoms with Crippen molar-refractivity contribution in [3.8, 4) is 0 Å². The Balaban J connectivity index is 1.30. The standard InChI is InChI=1S/C19H21N5O/c25-19(16-8-12-24-18(13-16)21-14-22-24)20-9-4-11-23-10-3-6-15-5-1-2-7-17(15)23/h1-2,5,7-8,12-14H,3-4,6,9-11H2,(H,20,25). The Labute approximate surface area is 146 Å². The number of hydrogen-bond acceptors (Lipinski definition) is 4. The molecule has 6 heteroatoms. The van der Waals surface area contributed by atoms with Crippen LogP contribution in [0.2, 0.25) is 0 Å². The van der Waals surface area contributed by atoms with Crippen LogP contribution in [0, 0.1) is 0 Å². The van der Waals surface area contributed by atoms with Crippen LogP contribution in [0.4, 0.5) is 5.69 Å². The van der Waals surface area contributed by atoms with Gasteiger partial charge in [-0.05, 0) is 43.0 Å². The highest BCUT2D eigenvalue weighted by molar-refractivity contribution is 5.94. The highest BCUT2D eigenvalue weighted by Crippen LogP contribution is 2.26. The van der Waals surface area contributed by atoms with E-state index in [9.17, 15) is 4.79 Å². The van der Waals surface area contributed by atoms with E-state index in [2.05, 4.69) is 44.6 Å². The second kappa shape index (κ2) is 6.93. The SMILES string of the molecule is O=C(NCCCN1CCCc2ccccc21)c1ccn2ncnc2c1. The lowest BCUT2D eigenvalue weighted by Crippen LogP contribution is -2.33. The maximum absolute atomic E-state index is 12.3. The van der Waals surface area contributed by atoms with Gasteiger partial charge in [0.25, 0.3) is 5.91 Å². The number of amides is 1. The molecule has 0 spiro atoms. The molecule has 1 aliphatic heterocycles. The van der Waals surface area contributed by atoms with Gasteiger partial charge in [0.2, 0.25) is 0 Å². The summed E-state index contributed by atoms with van der Waals surface area (Å²) in [6.07, 6.45) is 6.51. The number of pyridine rings is 1. The Hall–Kier alpha value is -2.89. The molecule has 0 bridgehead atoms. The smallest absolute Gasteiger partial charge is 0.251 e. The number of carbonyl (C=O) groups excluding carboxylic acids is 1. The molecule has 3 heterocycles. The first-order valence-electron chi connectivity index (χ1n) is 8.72. The molecule has 0 aliphatic carbocycles. The van der Waals surface area contributed by atoms with Crippen LogP contribution in [-0.2, 0) is 6.42 Å². The third kappa shape index (κ3) is 3.33. The van der Waals surface area contributed by atoms with Crippen molar-refractivity contribution in [2.75, 3.05) is 24.5 Å². The van der Waals surface area contributed by atoms with E-state index in [4.69, 9.17) is 0 Å². The summed E-state index contributed by atoms with van der Waals surface area (Å²) in [4.78, 5) is 18.8. The fourth-order valence-corrected chi connectivity index (χ4v) is 3.37. The number of rotatable bonds is 5. The van der Waals surface area contributed by atoms with E-state index in [-0.39, 0.29) is 5.91 Å². The van der Waals surface area contributed by atoms with Gasteiger partial charge in [-0.25, -0.2) is 9.50 Å². The van der Waals surface area contributed by atoms with E-state index < -0.39 is 0 Å². The molecular weight excluding hydrogens is 314 g/mol. The number of hydrogen-bond donors (Lipinski definition) is 1. The molecule has 0 fully saturated rings. The molecule has 0 saturated carbocycles. The van der Waals surface area contributed by atoms with Crippen LogP contribution in [0.25, 0.3) is 5.65 Å². The van der Waals surface area contributed by atoms with Gasteiger partial charge in [-0.3, -0.25) is 4.79 Å². The number of aryl methyl sites for hydroxylation is 1. The van der Waals surface area contributed by atoms with Crippen LogP contribution in [-0.4, -0.2) is 40.1 Å². The third-order valence-corrected chi connectivity index (χ3v) is 4.64. The topological polar surface area (TPSA) is 62.5 Å². The highest BCUT2D eigenvalue weighted by Gasteiger charge is 2.15. The molecule has 2 aromatic heterocycles. The average Bonchev–Trinajstić information content (AvgIpc) is 3.13. The van der Waals surface area contributed by atoms with E-state index in [1.165, 1.54) is 24.0 Å². The molecule has 4 rings (SSSR count). The first-order valence-corrected chi connectivity index (χ1v) is 8.72. The predicted molar refractivity (Wildman–Crippen MR) is 96.9 cm³/mol. The molecular formula is C19H21N5O. The highest BCUT2D eigenvalue weighted by atomic mass is 16.1. The number of nitrogens with one attached hydrogen (secondary N) is 1. The summed E-state index contributed by atoms with van der Waals surface area (Å²) in [6.45, 7) is 2.71. The number of fused-ring (bicyclic) bond motifs is 2.